The van der Waals surface area contributed by atoms with Gasteiger partial charge in [0, 0.05) is 12.2 Å². The van der Waals surface area contributed by atoms with Gasteiger partial charge < -0.3 is 10.6 Å². The summed E-state index contributed by atoms with van der Waals surface area (Å²) in [6, 6.07) is 5.54. The molecule has 0 spiro atoms. The van der Waals surface area contributed by atoms with E-state index in [9.17, 15) is 4.79 Å². The average molecular weight is 207 g/mol. The van der Waals surface area contributed by atoms with Crippen LogP contribution in [-0.4, -0.2) is 17.1 Å². The topological polar surface area (TPSA) is 54.0 Å². The van der Waals surface area contributed by atoms with Gasteiger partial charge in [-0.2, -0.15) is 0 Å². The van der Waals surface area contributed by atoms with E-state index < -0.39 is 0 Å². The number of amides is 2. The quantitative estimate of drug-likeness (QED) is 0.794. The highest BCUT2D eigenvalue weighted by molar-refractivity contribution is 5.74. The minimum absolute atomic E-state index is 0.0788. The van der Waals surface area contributed by atoms with Gasteiger partial charge in [-0.1, -0.05) is 6.07 Å². The Morgan fingerprint density at radius 3 is 2.53 bits per heavy atom. The Balaban J connectivity index is 2.49. The minimum Gasteiger partial charge on any atom is -0.336 e. The molecule has 0 radical (unpaired) electrons. The molecule has 0 aromatic carbocycles. The molecule has 0 saturated heterocycles. The Morgan fingerprint density at radius 2 is 2.00 bits per heavy atom. The smallest absolute Gasteiger partial charge is 0.315 e. The summed E-state index contributed by atoms with van der Waals surface area (Å²) >= 11 is 0. The second kappa shape index (κ2) is 5.34. The maximum Gasteiger partial charge on any atom is 0.315 e. The van der Waals surface area contributed by atoms with Crippen molar-refractivity contribution in [3.63, 3.8) is 0 Å². The Labute approximate surface area is 90.1 Å². The normalized spacial score (nSPS) is 12.3. The van der Waals surface area contributed by atoms with Gasteiger partial charge in [0.05, 0.1) is 11.7 Å². The highest BCUT2D eigenvalue weighted by Gasteiger charge is 2.09. The summed E-state index contributed by atoms with van der Waals surface area (Å²) in [4.78, 5) is 15.6. The first kappa shape index (κ1) is 11.5. The molecule has 1 aromatic heterocycles. The third kappa shape index (κ3) is 3.97. The number of nitrogens with zero attached hydrogens (tertiary/aromatic N) is 1. The number of aromatic nitrogens is 1. The molecule has 2 N–H and O–H groups in total. The monoisotopic (exact) mass is 207 g/mol. The molecule has 1 atom stereocenters. The number of rotatable bonds is 3. The van der Waals surface area contributed by atoms with Gasteiger partial charge in [0.2, 0.25) is 0 Å². The van der Waals surface area contributed by atoms with Gasteiger partial charge in [-0.3, -0.25) is 4.98 Å². The summed E-state index contributed by atoms with van der Waals surface area (Å²) in [5.74, 6) is 0. The molecule has 1 unspecified atom stereocenters. The van der Waals surface area contributed by atoms with Gasteiger partial charge in [-0.25, -0.2) is 4.79 Å². The molecule has 4 heteroatoms. The van der Waals surface area contributed by atoms with E-state index in [1.165, 1.54) is 0 Å². The largest absolute Gasteiger partial charge is 0.336 e. The third-order valence-electron chi connectivity index (χ3n) is 1.90. The first-order valence-electron chi connectivity index (χ1n) is 5.07. The molecule has 82 valence electrons. The number of carbonyl (C=O) groups excluding carboxylic acids is 1. The van der Waals surface area contributed by atoms with E-state index in [1.807, 2.05) is 39.0 Å². The zero-order chi connectivity index (χ0) is 11.3. The fraction of sp³-hybridized carbons (Fsp3) is 0.455. The second-order valence-electron chi connectivity index (χ2n) is 3.75. The molecule has 1 heterocycles. The molecular formula is C11H17N3O. The van der Waals surface area contributed by atoms with Gasteiger partial charge in [0.1, 0.15) is 0 Å². The molecule has 0 aliphatic carbocycles. The number of pyridine rings is 1. The molecule has 1 rings (SSSR count). The van der Waals surface area contributed by atoms with E-state index >= 15 is 0 Å². The van der Waals surface area contributed by atoms with E-state index in [4.69, 9.17) is 0 Å². The Kier molecular flexibility index (Phi) is 4.09. The summed E-state index contributed by atoms with van der Waals surface area (Å²) in [5.41, 5.74) is 0.858. The lowest BCUT2D eigenvalue weighted by Gasteiger charge is -2.15. The number of hydrogen-bond acceptors (Lipinski definition) is 2. The summed E-state index contributed by atoms with van der Waals surface area (Å²) in [5, 5.41) is 5.58. The fourth-order valence-corrected chi connectivity index (χ4v) is 1.21. The average Bonchev–Trinajstić information content (AvgIpc) is 2.17. The first-order chi connectivity index (χ1) is 7.09. The van der Waals surface area contributed by atoms with Gasteiger partial charge in [0.25, 0.3) is 0 Å². The van der Waals surface area contributed by atoms with Crippen molar-refractivity contribution in [2.75, 3.05) is 0 Å². The van der Waals surface area contributed by atoms with Gasteiger partial charge in [-0.05, 0) is 32.9 Å². The van der Waals surface area contributed by atoms with E-state index in [2.05, 4.69) is 15.6 Å². The summed E-state index contributed by atoms with van der Waals surface area (Å²) < 4.78 is 0. The van der Waals surface area contributed by atoms with Crippen LogP contribution in [0, 0.1) is 0 Å². The molecule has 0 saturated carbocycles. The van der Waals surface area contributed by atoms with Crippen LogP contribution in [0.2, 0.25) is 0 Å². The third-order valence-corrected chi connectivity index (χ3v) is 1.90. The maximum atomic E-state index is 11.4. The summed E-state index contributed by atoms with van der Waals surface area (Å²) in [7, 11) is 0. The van der Waals surface area contributed by atoms with Crippen LogP contribution < -0.4 is 10.6 Å². The highest BCUT2D eigenvalue weighted by Crippen LogP contribution is 2.06. The maximum absolute atomic E-state index is 11.4. The zero-order valence-corrected chi connectivity index (χ0v) is 9.32. The minimum atomic E-state index is -0.164. The van der Waals surface area contributed by atoms with E-state index in [0.717, 1.165) is 5.69 Å². The van der Waals surface area contributed by atoms with Crippen molar-refractivity contribution >= 4 is 6.03 Å². The van der Waals surface area contributed by atoms with E-state index in [1.54, 1.807) is 6.20 Å². The predicted molar refractivity (Wildman–Crippen MR) is 59.5 cm³/mol. The highest BCUT2D eigenvalue weighted by atomic mass is 16.2. The predicted octanol–water partition coefficient (Wildman–Crippen LogP) is 1.85. The van der Waals surface area contributed by atoms with Crippen LogP contribution in [0.5, 0.6) is 0 Å². The first-order valence-corrected chi connectivity index (χ1v) is 5.07. The SMILES string of the molecule is CC(C)NC(=O)NC(C)c1ccccn1. The van der Waals surface area contributed by atoms with E-state index in [-0.39, 0.29) is 18.1 Å². The summed E-state index contributed by atoms with van der Waals surface area (Å²) in [6.07, 6.45) is 1.72. The van der Waals surface area contributed by atoms with Crippen LogP contribution in [0.15, 0.2) is 24.4 Å². The van der Waals surface area contributed by atoms with Crippen LogP contribution in [-0.2, 0) is 0 Å². The molecule has 15 heavy (non-hydrogen) atoms. The number of nitrogens with one attached hydrogen (secondary N) is 2. The van der Waals surface area contributed by atoms with Crippen molar-refractivity contribution in [2.45, 2.75) is 32.9 Å². The van der Waals surface area contributed by atoms with Gasteiger partial charge in [-0.15, -0.1) is 0 Å². The molecule has 0 fully saturated rings. The van der Waals surface area contributed by atoms with Crippen molar-refractivity contribution in [2.24, 2.45) is 0 Å². The van der Waals surface area contributed by atoms with Crippen LogP contribution in [0.1, 0.15) is 32.5 Å². The molecule has 0 bridgehead atoms. The van der Waals surface area contributed by atoms with Gasteiger partial charge in [0.15, 0.2) is 0 Å². The van der Waals surface area contributed by atoms with Crippen LogP contribution in [0.25, 0.3) is 0 Å². The van der Waals surface area contributed by atoms with Crippen LogP contribution >= 0.6 is 0 Å². The standard InChI is InChI=1S/C11H17N3O/c1-8(2)13-11(15)14-9(3)10-6-4-5-7-12-10/h4-9H,1-3H3,(H2,13,14,15). The lowest BCUT2D eigenvalue weighted by atomic mass is 10.2. The molecule has 1 aromatic rings. The molecule has 0 aliphatic heterocycles. The van der Waals surface area contributed by atoms with Crippen molar-refractivity contribution in [1.29, 1.82) is 0 Å². The number of urea groups is 1. The van der Waals surface area contributed by atoms with Crippen molar-refractivity contribution < 1.29 is 4.79 Å². The Bertz CT molecular complexity index is 311. The molecule has 0 aliphatic rings. The fourth-order valence-electron chi connectivity index (χ4n) is 1.21. The van der Waals surface area contributed by atoms with E-state index in [0.29, 0.717) is 0 Å². The molecule has 2 amide bonds. The van der Waals surface area contributed by atoms with Crippen LogP contribution in [0.4, 0.5) is 4.79 Å². The van der Waals surface area contributed by atoms with Crippen molar-refractivity contribution in [3.05, 3.63) is 30.1 Å². The van der Waals surface area contributed by atoms with Crippen LogP contribution in [0.3, 0.4) is 0 Å². The number of hydrogen-bond donors (Lipinski definition) is 2. The van der Waals surface area contributed by atoms with Crippen molar-refractivity contribution in [1.82, 2.24) is 15.6 Å². The molecular weight excluding hydrogens is 190 g/mol. The number of carbonyl (C=O) groups is 1. The van der Waals surface area contributed by atoms with Gasteiger partial charge >= 0.3 is 6.03 Å². The van der Waals surface area contributed by atoms with Crippen molar-refractivity contribution in [3.8, 4) is 0 Å². The lowest BCUT2D eigenvalue weighted by Crippen LogP contribution is -2.40. The zero-order valence-electron chi connectivity index (χ0n) is 9.32. The second-order valence-corrected chi connectivity index (χ2v) is 3.75. The summed E-state index contributed by atoms with van der Waals surface area (Å²) in [6.45, 7) is 5.75. The Hall–Kier alpha value is -1.58. The Morgan fingerprint density at radius 1 is 1.27 bits per heavy atom. The molecule has 4 nitrogen and oxygen atoms in total. The lowest BCUT2D eigenvalue weighted by molar-refractivity contribution is 0.235.